The first-order valence-electron chi connectivity index (χ1n) is 6.68. The molecular weight excluding hydrogens is 262 g/mol. The van der Waals surface area contributed by atoms with Crippen LogP contribution in [0.5, 0.6) is 0 Å². The Labute approximate surface area is 116 Å². The standard InChI is InChI=1S/C13H19N3O4/c1-14-10(12(18)19)9(11(17)15(2)13(14)20)8-16-6-4-3-5-7-16/h3-8H2,1-2H3,(H,18,19). The Morgan fingerprint density at radius 3 is 2.25 bits per heavy atom. The molecule has 110 valence electrons. The third-order valence-corrected chi connectivity index (χ3v) is 3.79. The minimum absolute atomic E-state index is 0.184. The van der Waals surface area contributed by atoms with E-state index in [9.17, 15) is 19.5 Å². The highest BCUT2D eigenvalue weighted by Crippen LogP contribution is 2.13. The fourth-order valence-electron chi connectivity index (χ4n) is 2.67. The Kier molecular flexibility index (Phi) is 4.08. The zero-order valence-corrected chi connectivity index (χ0v) is 11.8. The number of carboxylic acids is 1. The van der Waals surface area contributed by atoms with E-state index in [0.29, 0.717) is 0 Å². The Hall–Kier alpha value is -1.89. The lowest BCUT2D eigenvalue weighted by molar-refractivity contribution is 0.0680. The normalized spacial score (nSPS) is 16.3. The summed E-state index contributed by atoms with van der Waals surface area (Å²) in [5, 5.41) is 9.29. The third-order valence-electron chi connectivity index (χ3n) is 3.79. The van der Waals surface area contributed by atoms with Gasteiger partial charge in [0.1, 0.15) is 5.69 Å². The molecule has 0 bridgehead atoms. The van der Waals surface area contributed by atoms with Gasteiger partial charge in [0.15, 0.2) is 0 Å². The van der Waals surface area contributed by atoms with Gasteiger partial charge in [-0.15, -0.1) is 0 Å². The second kappa shape index (κ2) is 5.62. The van der Waals surface area contributed by atoms with Crippen molar-refractivity contribution in [1.29, 1.82) is 0 Å². The number of aromatic nitrogens is 2. The lowest BCUT2D eigenvalue weighted by Crippen LogP contribution is -2.44. The van der Waals surface area contributed by atoms with E-state index in [1.54, 1.807) is 0 Å². The van der Waals surface area contributed by atoms with Gasteiger partial charge in [-0.25, -0.2) is 9.59 Å². The molecule has 1 aromatic heterocycles. The molecule has 0 spiro atoms. The molecule has 2 rings (SSSR count). The van der Waals surface area contributed by atoms with Crippen molar-refractivity contribution in [3.63, 3.8) is 0 Å². The predicted octanol–water partition coefficient (Wildman–Crippen LogP) is -0.232. The molecule has 0 radical (unpaired) electrons. The highest BCUT2D eigenvalue weighted by molar-refractivity contribution is 5.87. The zero-order chi connectivity index (χ0) is 14.9. The van der Waals surface area contributed by atoms with Crippen LogP contribution in [-0.2, 0) is 20.6 Å². The first-order valence-corrected chi connectivity index (χ1v) is 6.68. The molecule has 0 amide bonds. The Morgan fingerprint density at radius 2 is 1.70 bits per heavy atom. The predicted molar refractivity (Wildman–Crippen MR) is 73.0 cm³/mol. The highest BCUT2D eigenvalue weighted by Gasteiger charge is 2.23. The van der Waals surface area contributed by atoms with Crippen molar-refractivity contribution in [2.45, 2.75) is 25.8 Å². The first kappa shape index (κ1) is 14.5. The van der Waals surface area contributed by atoms with E-state index in [4.69, 9.17) is 0 Å². The van der Waals surface area contributed by atoms with Gasteiger partial charge in [-0.05, 0) is 25.9 Å². The highest BCUT2D eigenvalue weighted by atomic mass is 16.4. The lowest BCUT2D eigenvalue weighted by Gasteiger charge is -2.27. The van der Waals surface area contributed by atoms with Crippen molar-refractivity contribution in [2.75, 3.05) is 13.1 Å². The lowest BCUT2D eigenvalue weighted by atomic mass is 10.1. The summed E-state index contributed by atoms with van der Waals surface area (Å²) in [4.78, 5) is 37.4. The molecule has 1 aromatic rings. The minimum atomic E-state index is -1.24. The van der Waals surface area contributed by atoms with Crippen LogP contribution >= 0.6 is 0 Å². The number of carbonyl (C=O) groups is 1. The molecule has 0 saturated carbocycles. The molecule has 0 unspecified atom stereocenters. The molecule has 0 aromatic carbocycles. The van der Waals surface area contributed by atoms with Gasteiger partial charge in [0, 0.05) is 20.6 Å². The van der Waals surface area contributed by atoms with Crippen LogP contribution in [0.2, 0.25) is 0 Å². The van der Waals surface area contributed by atoms with Crippen LogP contribution in [0.4, 0.5) is 0 Å². The van der Waals surface area contributed by atoms with Gasteiger partial charge in [-0.3, -0.25) is 18.8 Å². The second-order valence-corrected chi connectivity index (χ2v) is 5.17. The van der Waals surface area contributed by atoms with Gasteiger partial charge in [-0.2, -0.15) is 0 Å². The number of carboxylic acid groups (broad SMARTS) is 1. The second-order valence-electron chi connectivity index (χ2n) is 5.17. The van der Waals surface area contributed by atoms with E-state index < -0.39 is 17.2 Å². The summed E-state index contributed by atoms with van der Waals surface area (Å²) in [5.41, 5.74) is -1.15. The molecule has 2 heterocycles. The van der Waals surface area contributed by atoms with Crippen molar-refractivity contribution in [2.24, 2.45) is 14.1 Å². The van der Waals surface area contributed by atoms with Crippen LogP contribution in [0.1, 0.15) is 35.3 Å². The van der Waals surface area contributed by atoms with E-state index in [-0.39, 0.29) is 17.8 Å². The summed E-state index contributed by atoms with van der Waals surface area (Å²) in [6.07, 6.45) is 3.26. The maximum absolute atomic E-state index is 12.2. The van der Waals surface area contributed by atoms with Crippen LogP contribution < -0.4 is 11.2 Å². The van der Waals surface area contributed by atoms with Crippen molar-refractivity contribution in [1.82, 2.24) is 14.0 Å². The Bertz CT molecular complexity index is 638. The first-order chi connectivity index (χ1) is 9.43. The van der Waals surface area contributed by atoms with Gasteiger partial charge in [-0.1, -0.05) is 6.42 Å². The number of nitrogens with zero attached hydrogens (tertiary/aromatic N) is 3. The Morgan fingerprint density at radius 1 is 1.10 bits per heavy atom. The number of likely N-dealkylation sites (tertiary alicyclic amines) is 1. The Balaban J connectivity index is 2.52. The molecule has 1 saturated heterocycles. The molecule has 1 fully saturated rings. The van der Waals surface area contributed by atoms with Crippen molar-refractivity contribution in [3.8, 4) is 0 Å². The van der Waals surface area contributed by atoms with E-state index in [0.717, 1.165) is 41.5 Å². The molecule has 1 aliphatic rings. The number of rotatable bonds is 3. The van der Waals surface area contributed by atoms with E-state index in [2.05, 4.69) is 4.90 Å². The maximum atomic E-state index is 12.2. The SMILES string of the molecule is Cn1c(C(=O)O)c(CN2CCCCC2)c(=O)n(C)c1=O. The fraction of sp³-hybridized carbons (Fsp3) is 0.615. The van der Waals surface area contributed by atoms with Gasteiger partial charge >= 0.3 is 11.7 Å². The molecule has 20 heavy (non-hydrogen) atoms. The molecule has 7 heteroatoms. The van der Waals surface area contributed by atoms with Crippen molar-refractivity contribution >= 4 is 5.97 Å². The number of hydrogen-bond acceptors (Lipinski definition) is 4. The fourth-order valence-corrected chi connectivity index (χ4v) is 2.67. The molecular formula is C13H19N3O4. The third kappa shape index (κ3) is 2.53. The van der Waals surface area contributed by atoms with Crippen molar-refractivity contribution in [3.05, 3.63) is 32.1 Å². The molecule has 0 aliphatic carbocycles. The van der Waals surface area contributed by atoms with Gasteiger partial charge in [0.2, 0.25) is 0 Å². The average Bonchev–Trinajstić information content (AvgIpc) is 2.43. The molecule has 1 aliphatic heterocycles. The quantitative estimate of drug-likeness (QED) is 0.827. The van der Waals surface area contributed by atoms with Gasteiger partial charge in [0.05, 0.1) is 5.56 Å². The summed E-state index contributed by atoms with van der Waals surface area (Å²) in [5.74, 6) is -1.24. The van der Waals surface area contributed by atoms with Gasteiger partial charge < -0.3 is 5.11 Å². The van der Waals surface area contributed by atoms with Crippen LogP contribution in [-0.4, -0.2) is 38.2 Å². The van der Waals surface area contributed by atoms with Crippen LogP contribution in [0, 0.1) is 0 Å². The van der Waals surface area contributed by atoms with E-state index in [1.807, 2.05) is 0 Å². The molecule has 1 N–H and O–H groups in total. The number of piperidine rings is 1. The summed E-state index contributed by atoms with van der Waals surface area (Å²) < 4.78 is 1.99. The van der Waals surface area contributed by atoms with Crippen LogP contribution in [0.25, 0.3) is 0 Å². The summed E-state index contributed by atoms with van der Waals surface area (Å²) in [6.45, 7) is 1.98. The summed E-state index contributed by atoms with van der Waals surface area (Å²) in [7, 11) is 2.75. The zero-order valence-electron chi connectivity index (χ0n) is 11.8. The number of aromatic carboxylic acids is 1. The van der Waals surface area contributed by atoms with Crippen LogP contribution in [0.3, 0.4) is 0 Å². The van der Waals surface area contributed by atoms with E-state index >= 15 is 0 Å². The topological polar surface area (TPSA) is 84.5 Å². The summed E-state index contributed by atoms with van der Waals surface area (Å²) in [6, 6.07) is 0. The number of hydrogen-bond donors (Lipinski definition) is 1. The minimum Gasteiger partial charge on any atom is -0.477 e. The molecule has 0 atom stereocenters. The van der Waals surface area contributed by atoms with Crippen LogP contribution in [0.15, 0.2) is 9.59 Å². The largest absolute Gasteiger partial charge is 0.477 e. The van der Waals surface area contributed by atoms with E-state index in [1.165, 1.54) is 14.1 Å². The molecule has 7 nitrogen and oxygen atoms in total. The monoisotopic (exact) mass is 281 g/mol. The van der Waals surface area contributed by atoms with Gasteiger partial charge in [0.25, 0.3) is 5.56 Å². The average molecular weight is 281 g/mol. The van der Waals surface area contributed by atoms with Crippen molar-refractivity contribution < 1.29 is 9.90 Å². The summed E-state index contributed by atoms with van der Waals surface area (Å²) >= 11 is 0. The maximum Gasteiger partial charge on any atom is 0.353 e. The smallest absolute Gasteiger partial charge is 0.353 e.